The molecule has 2 bridgehead atoms. The Kier molecular flexibility index (Phi) is 4.59. The summed E-state index contributed by atoms with van der Waals surface area (Å²) in [4.78, 5) is 20.6. The minimum absolute atomic E-state index is 0.146. The molecule has 3 aliphatic rings. The molecule has 3 saturated heterocycles. The van der Waals surface area contributed by atoms with E-state index in [4.69, 9.17) is 0 Å². The first-order valence-electron chi connectivity index (χ1n) is 10.6. The molecular formula is C21H30N6O. The lowest BCUT2D eigenvalue weighted by Gasteiger charge is -2.57. The van der Waals surface area contributed by atoms with E-state index in [1.165, 1.54) is 32.2 Å². The first kappa shape index (κ1) is 18.1. The van der Waals surface area contributed by atoms with Gasteiger partial charge in [0.1, 0.15) is 11.0 Å². The van der Waals surface area contributed by atoms with E-state index in [0.29, 0.717) is 23.9 Å². The molecule has 5 rings (SSSR count). The Morgan fingerprint density at radius 2 is 2.00 bits per heavy atom. The summed E-state index contributed by atoms with van der Waals surface area (Å²) in [5.41, 5.74) is 2.29. The van der Waals surface area contributed by atoms with Gasteiger partial charge in [0.05, 0.1) is 0 Å². The molecule has 2 aromatic rings. The summed E-state index contributed by atoms with van der Waals surface area (Å²) in [7, 11) is 4.34. The van der Waals surface area contributed by atoms with Gasteiger partial charge in [-0.05, 0) is 69.9 Å². The molecule has 0 aliphatic carbocycles. The molecular weight excluding hydrogens is 352 g/mol. The Balaban J connectivity index is 1.41. The van der Waals surface area contributed by atoms with E-state index in [1.807, 2.05) is 18.2 Å². The predicted octanol–water partition coefficient (Wildman–Crippen LogP) is 1.83. The van der Waals surface area contributed by atoms with Crippen LogP contribution < -0.4 is 0 Å². The molecule has 4 atom stereocenters. The Hall–Kier alpha value is -1.99. The van der Waals surface area contributed by atoms with Gasteiger partial charge in [-0.25, -0.2) is 0 Å². The zero-order valence-corrected chi connectivity index (χ0v) is 16.8. The van der Waals surface area contributed by atoms with Crippen molar-refractivity contribution in [2.75, 3.05) is 40.3 Å². The molecule has 3 aliphatic heterocycles. The third-order valence-electron chi connectivity index (χ3n) is 7.02. The maximum atomic E-state index is 13.3. The zero-order valence-electron chi connectivity index (χ0n) is 16.8. The normalized spacial score (nSPS) is 30.6. The van der Waals surface area contributed by atoms with Gasteiger partial charge in [0.25, 0.3) is 5.91 Å². The lowest BCUT2D eigenvalue weighted by Crippen LogP contribution is -2.65. The average Bonchev–Trinajstić information content (AvgIpc) is 3.18. The van der Waals surface area contributed by atoms with Gasteiger partial charge in [0.2, 0.25) is 0 Å². The van der Waals surface area contributed by atoms with Gasteiger partial charge in [0, 0.05) is 37.3 Å². The second-order valence-corrected chi connectivity index (χ2v) is 9.12. The summed E-state index contributed by atoms with van der Waals surface area (Å²) in [6.07, 6.45) is 5.20. The lowest BCUT2D eigenvalue weighted by atomic mass is 9.72. The van der Waals surface area contributed by atoms with Crippen LogP contribution in [0, 0.1) is 11.8 Å². The number of nitrogens with zero attached hydrogens (tertiary/aromatic N) is 5. The maximum Gasteiger partial charge on any atom is 0.253 e. The number of benzene rings is 1. The third kappa shape index (κ3) is 3.10. The number of carbonyl (C=O) groups excluding carboxylic acids is 1. The predicted molar refractivity (Wildman–Crippen MR) is 108 cm³/mol. The molecule has 0 radical (unpaired) electrons. The topological polar surface area (TPSA) is 68.4 Å². The number of carbonyl (C=O) groups is 1. The van der Waals surface area contributed by atoms with Crippen molar-refractivity contribution >= 4 is 16.9 Å². The minimum Gasteiger partial charge on any atom is -0.338 e. The van der Waals surface area contributed by atoms with Crippen molar-refractivity contribution in [2.45, 2.75) is 37.8 Å². The maximum absolute atomic E-state index is 13.3. The van der Waals surface area contributed by atoms with Gasteiger partial charge in [-0.15, -0.1) is 0 Å². The number of hydrogen-bond donors (Lipinski definition) is 1. The molecule has 1 aromatic carbocycles. The number of aromatic amines is 1. The van der Waals surface area contributed by atoms with E-state index in [0.717, 1.165) is 36.2 Å². The van der Waals surface area contributed by atoms with Crippen molar-refractivity contribution in [3.05, 3.63) is 23.8 Å². The summed E-state index contributed by atoms with van der Waals surface area (Å²) in [5, 5.41) is 10.9. The summed E-state index contributed by atoms with van der Waals surface area (Å²) in [6, 6.07) is 6.85. The highest BCUT2D eigenvalue weighted by Gasteiger charge is 2.47. The first-order chi connectivity index (χ1) is 13.6. The number of fused-ring (bicyclic) bond motifs is 5. The molecule has 7 nitrogen and oxygen atoms in total. The van der Waals surface area contributed by atoms with Crippen molar-refractivity contribution in [3.8, 4) is 0 Å². The van der Waals surface area contributed by atoms with Gasteiger partial charge < -0.3 is 9.80 Å². The third-order valence-corrected chi connectivity index (χ3v) is 7.02. The van der Waals surface area contributed by atoms with Crippen molar-refractivity contribution in [2.24, 2.45) is 11.8 Å². The minimum atomic E-state index is 0.146. The zero-order chi connectivity index (χ0) is 19.3. The Morgan fingerprint density at radius 1 is 1.18 bits per heavy atom. The number of hydrogen-bond acceptors (Lipinski definition) is 5. The van der Waals surface area contributed by atoms with Crippen LogP contribution in [0.4, 0.5) is 0 Å². The summed E-state index contributed by atoms with van der Waals surface area (Å²) in [5.74, 6) is 1.32. The van der Waals surface area contributed by atoms with Gasteiger partial charge in [-0.3, -0.25) is 9.69 Å². The smallest absolute Gasteiger partial charge is 0.253 e. The number of likely N-dealkylation sites (N-methyl/N-ethyl adjacent to an activating group) is 1. The molecule has 0 spiro atoms. The second-order valence-electron chi connectivity index (χ2n) is 9.12. The van der Waals surface area contributed by atoms with Crippen LogP contribution in [0.15, 0.2) is 18.2 Å². The Labute approximate surface area is 166 Å². The highest BCUT2D eigenvalue weighted by molar-refractivity contribution is 5.97. The van der Waals surface area contributed by atoms with Crippen LogP contribution >= 0.6 is 0 Å². The number of rotatable bonds is 3. The molecule has 1 amide bonds. The number of aromatic nitrogens is 3. The highest BCUT2D eigenvalue weighted by atomic mass is 16.2. The number of nitrogens with one attached hydrogen (secondary N) is 1. The number of H-pyrrole nitrogens is 1. The van der Waals surface area contributed by atoms with Crippen LogP contribution in [0.5, 0.6) is 0 Å². The van der Waals surface area contributed by atoms with E-state index in [2.05, 4.69) is 44.2 Å². The van der Waals surface area contributed by atoms with Gasteiger partial charge in [0.15, 0.2) is 0 Å². The fraction of sp³-hybridized carbons (Fsp3) is 0.667. The molecule has 1 N–H and O–H groups in total. The van der Waals surface area contributed by atoms with Crippen LogP contribution in [-0.2, 0) is 0 Å². The molecule has 3 fully saturated rings. The van der Waals surface area contributed by atoms with Crippen LogP contribution in [0.25, 0.3) is 11.0 Å². The fourth-order valence-corrected chi connectivity index (χ4v) is 5.85. The largest absolute Gasteiger partial charge is 0.338 e. The molecule has 1 aromatic heterocycles. The van der Waals surface area contributed by atoms with E-state index >= 15 is 0 Å². The molecule has 0 unspecified atom stereocenters. The van der Waals surface area contributed by atoms with E-state index in [-0.39, 0.29) is 5.91 Å². The van der Waals surface area contributed by atoms with Crippen molar-refractivity contribution in [1.82, 2.24) is 30.1 Å². The van der Waals surface area contributed by atoms with Crippen molar-refractivity contribution in [1.29, 1.82) is 0 Å². The molecule has 0 saturated carbocycles. The highest BCUT2D eigenvalue weighted by Crippen LogP contribution is 2.41. The van der Waals surface area contributed by atoms with E-state index in [1.54, 1.807) is 0 Å². The van der Waals surface area contributed by atoms with Gasteiger partial charge in [-0.1, -0.05) is 6.42 Å². The molecule has 4 heterocycles. The second kappa shape index (κ2) is 7.12. The standard InChI is InChI=1S/C21H30N6O/c1-25(2)13-20-16-9-15(19-5-3-4-8-27(19)20)11-26(12-16)21(28)14-6-7-17-18(10-14)23-24-22-17/h6-7,10,15-16,19-20H,3-5,8-9,11-13H2,1-2H3,(H,22,23,24)/t15-,16+,19+,20+/m1/s1. The Morgan fingerprint density at radius 3 is 2.86 bits per heavy atom. The van der Waals surface area contributed by atoms with Crippen LogP contribution in [0.1, 0.15) is 36.0 Å². The van der Waals surface area contributed by atoms with E-state index < -0.39 is 0 Å². The quantitative estimate of drug-likeness (QED) is 0.877. The molecule has 7 heteroatoms. The molecule has 28 heavy (non-hydrogen) atoms. The fourth-order valence-electron chi connectivity index (χ4n) is 5.85. The molecule has 150 valence electrons. The van der Waals surface area contributed by atoms with E-state index in [9.17, 15) is 4.79 Å². The van der Waals surface area contributed by atoms with Crippen LogP contribution in [0.3, 0.4) is 0 Å². The number of piperidine rings is 3. The van der Waals surface area contributed by atoms with Gasteiger partial charge in [-0.2, -0.15) is 15.4 Å². The summed E-state index contributed by atoms with van der Waals surface area (Å²) >= 11 is 0. The monoisotopic (exact) mass is 382 g/mol. The lowest BCUT2D eigenvalue weighted by molar-refractivity contribution is -0.0702. The summed E-state index contributed by atoms with van der Waals surface area (Å²) in [6.45, 7) is 4.07. The van der Waals surface area contributed by atoms with Crippen molar-refractivity contribution in [3.63, 3.8) is 0 Å². The SMILES string of the molecule is CN(C)C[C@H]1[C@H]2C[C@H](CN(C(=O)c3ccc4n[nH]nc4c3)C2)[C@@H]2CCCCN21. The Bertz CT molecular complexity index is 863. The number of amides is 1. The number of likely N-dealkylation sites (tertiary alicyclic amines) is 1. The summed E-state index contributed by atoms with van der Waals surface area (Å²) < 4.78 is 0. The first-order valence-corrected chi connectivity index (χ1v) is 10.6. The van der Waals surface area contributed by atoms with Crippen LogP contribution in [0.2, 0.25) is 0 Å². The van der Waals surface area contributed by atoms with Crippen LogP contribution in [-0.4, -0.2) is 88.4 Å². The van der Waals surface area contributed by atoms with Crippen molar-refractivity contribution < 1.29 is 4.79 Å². The average molecular weight is 383 g/mol. The van der Waals surface area contributed by atoms with Gasteiger partial charge >= 0.3 is 0 Å².